The number of Topliss-reactive ketones (excluding diaryl/α,β-unsaturated/α-hetero) is 1. The fourth-order valence-corrected chi connectivity index (χ4v) is 2.59. The Morgan fingerprint density at radius 2 is 2.10 bits per heavy atom. The van der Waals surface area contributed by atoms with Crippen LogP contribution in [-0.2, 0) is 6.42 Å². The number of carbonyl (C=O) groups excluding carboxylic acids is 1. The van der Waals surface area contributed by atoms with Crippen LogP contribution in [0, 0.1) is 0 Å². The Morgan fingerprint density at radius 1 is 1.35 bits per heavy atom. The van der Waals surface area contributed by atoms with Crippen molar-refractivity contribution in [2.45, 2.75) is 19.8 Å². The minimum absolute atomic E-state index is 0.239. The maximum atomic E-state index is 12.4. The topological polar surface area (TPSA) is 41.6 Å². The Kier molecular flexibility index (Phi) is 5.56. The number of benzene rings is 1. The number of methoxy groups -OCH3 is 1. The summed E-state index contributed by atoms with van der Waals surface area (Å²) in [6.45, 7) is 7.05. The highest BCUT2D eigenvalue weighted by Gasteiger charge is 2.15. The summed E-state index contributed by atoms with van der Waals surface area (Å²) in [6, 6.07) is 5.74. The average Bonchev–Trinajstić information content (AvgIpc) is 2.52. The lowest BCUT2D eigenvalue weighted by atomic mass is 9.99. The predicted molar refractivity (Wildman–Crippen MR) is 80.6 cm³/mol. The Bertz CT molecular complexity index is 454. The predicted octanol–water partition coefficient (Wildman–Crippen LogP) is 1.74. The second-order valence-electron chi connectivity index (χ2n) is 5.14. The molecule has 0 amide bonds. The molecule has 2 rings (SSSR count). The molecule has 1 heterocycles. The Morgan fingerprint density at radius 3 is 2.75 bits per heavy atom. The minimum Gasteiger partial charge on any atom is -0.497 e. The van der Waals surface area contributed by atoms with Crippen molar-refractivity contribution in [2.75, 3.05) is 39.8 Å². The molecule has 0 spiro atoms. The van der Waals surface area contributed by atoms with E-state index in [4.69, 9.17) is 4.74 Å². The summed E-state index contributed by atoms with van der Waals surface area (Å²) in [4.78, 5) is 14.7. The van der Waals surface area contributed by atoms with Crippen molar-refractivity contribution in [3.63, 3.8) is 0 Å². The molecule has 0 atom stereocenters. The van der Waals surface area contributed by atoms with Gasteiger partial charge in [0, 0.05) is 44.7 Å². The standard InChI is InChI=1S/C16H24N2O2/c1-3-13-12-14(20-2)4-5-15(13)16(19)6-9-18-10-7-17-8-11-18/h4-5,12,17H,3,6-11H2,1-2H3. The van der Waals surface area contributed by atoms with Crippen molar-refractivity contribution in [1.29, 1.82) is 0 Å². The average molecular weight is 276 g/mol. The summed E-state index contributed by atoms with van der Waals surface area (Å²) in [5, 5.41) is 3.32. The SMILES string of the molecule is CCc1cc(OC)ccc1C(=O)CCN1CCNCC1. The van der Waals surface area contributed by atoms with Crippen LogP contribution in [0.4, 0.5) is 0 Å². The van der Waals surface area contributed by atoms with Crippen LogP contribution in [0.3, 0.4) is 0 Å². The zero-order valence-electron chi connectivity index (χ0n) is 12.4. The van der Waals surface area contributed by atoms with E-state index >= 15 is 0 Å². The van der Waals surface area contributed by atoms with E-state index in [2.05, 4.69) is 17.1 Å². The van der Waals surface area contributed by atoms with E-state index in [0.717, 1.165) is 56.0 Å². The highest BCUT2D eigenvalue weighted by Crippen LogP contribution is 2.19. The van der Waals surface area contributed by atoms with Gasteiger partial charge in [-0.15, -0.1) is 0 Å². The number of rotatable bonds is 6. The third kappa shape index (κ3) is 3.81. The molecule has 110 valence electrons. The number of piperazine rings is 1. The van der Waals surface area contributed by atoms with Crippen LogP contribution in [0.15, 0.2) is 18.2 Å². The number of nitrogens with zero attached hydrogens (tertiary/aromatic N) is 1. The number of nitrogens with one attached hydrogen (secondary N) is 1. The number of aryl methyl sites for hydroxylation is 1. The molecule has 0 saturated carbocycles. The summed E-state index contributed by atoms with van der Waals surface area (Å²) in [7, 11) is 1.65. The normalized spacial score (nSPS) is 16.1. The van der Waals surface area contributed by atoms with Crippen LogP contribution < -0.4 is 10.1 Å². The molecule has 0 radical (unpaired) electrons. The van der Waals surface area contributed by atoms with Gasteiger partial charge in [0.25, 0.3) is 0 Å². The number of hydrogen-bond acceptors (Lipinski definition) is 4. The molecule has 1 aromatic carbocycles. The van der Waals surface area contributed by atoms with E-state index in [1.165, 1.54) is 0 Å². The molecule has 20 heavy (non-hydrogen) atoms. The number of hydrogen-bond donors (Lipinski definition) is 1. The van der Waals surface area contributed by atoms with Gasteiger partial charge in [0.15, 0.2) is 5.78 Å². The molecule has 1 N–H and O–H groups in total. The molecule has 1 aliphatic rings. The maximum Gasteiger partial charge on any atom is 0.164 e. The van der Waals surface area contributed by atoms with Crippen LogP contribution in [0.2, 0.25) is 0 Å². The molecule has 4 heteroatoms. The molecule has 0 aromatic heterocycles. The molecule has 4 nitrogen and oxygen atoms in total. The van der Waals surface area contributed by atoms with Gasteiger partial charge in [-0.05, 0) is 30.2 Å². The first-order valence-corrected chi connectivity index (χ1v) is 7.37. The highest BCUT2D eigenvalue weighted by atomic mass is 16.5. The molecule has 1 aliphatic heterocycles. The zero-order valence-corrected chi connectivity index (χ0v) is 12.4. The number of ether oxygens (including phenoxy) is 1. The van der Waals surface area contributed by atoms with Crippen molar-refractivity contribution in [3.05, 3.63) is 29.3 Å². The number of carbonyl (C=O) groups is 1. The quantitative estimate of drug-likeness (QED) is 0.804. The van der Waals surface area contributed by atoms with E-state index in [-0.39, 0.29) is 5.78 Å². The van der Waals surface area contributed by atoms with E-state index in [1.807, 2.05) is 18.2 Å². The van der Waals surface area contributed by atoms with Crippen LogP contribution in [0.1, 0.15) is 29.3 Å². The number of ketones is 1. The largest absolute Gasteiger partial charge is 0.497 e. The molecule has 1 fully saturated rings. The van der Waals surface area contributed by atoms with Gasteiger partial charge in [0.1, 0.15) is 5.75 Å². The monoisotopic (exact) mass is 276 g/mol. The van der Waals surface area contributed by atoms with E-state index in [1.54, 1.807) is 7.11 Å². The highest BCUT2D eigenvalue weighted by molar-refractivity contribution is 5.97. The van der Waals surface area contributed by atoms with Crippen molar-refractivity contribution < 1.29 is 9.53 Å². The first-order valence-electron chi connectivity index (χ1n) is 7.37. The Balaban J connectivity index is 1.97. The molecular formula is C16H24N2O2. The summed E-state index contributed by atoms with van der Waals surface area (Å²) >= 11 is 0. The van der Waals surface area contributed by atoms with Crippen molar-refractivity contribution in [1.82, 2.24) is 10.2 Å². The van der Waals surface area contributed by atoms with E-state index < -0.39 is 0 Å². The zero-order chi connectivity index (χ0) is 14.4. The Hall–Kier alpha value is -1.39. The summed E-state index contributed by atoms with van der Waals surface area (Å²) < 4.78 is 5.22. The molecule has 0 aliphatic carbocycles. The lowest BCUT2D eigenvalue weighted by Gasteiger charge is -2.26. The van der Waals surface area contributed by atoms with Gasteiger partial charge in [-0.1, -0.05) is 6.92 Å². The summed E-state index contributed by atoms with van der Waals surface area (Å²) in [6.07, 6.45) is 1.45. The second-order valence-corrected chi connectivity index (χ2v) is 5.14. The Labute approximate surface area is 121 Å². The maximum absolute atomic E-state index is 12.4. The van der Waals surface area contributed by atoms with Crippen molar-refractivity contribution in [3.8, 4) is 5.75 Å². The van der Waals surface area contributed by atoms with Crippen molar-refractivity contribution >= 4 is 5.78 Å². The van der Waals surface area contributed by atoms with Crippen LogP contribution in [-0.4, -0.2) is 50.5 Å². The molecular weight excluding hydrogens is 252 g/mol. The van der Waals surface area contributed by atoms with Gasteiger partial charge in [-0.2, -0.15) is 0 Å². The van der Waals surface area contributed by atoms with Gasteiger partial charge in [-0.25, -0.2) is 0 Å². The van der Waals surface area contributed by atoms with Gasteiger partial charge >= 0.3 is 0 Å². The summed E-state index contributed by atoms with van der Waals surface area (Å²) in [5.41, 5.74) is 1.93. The lowest BCUT2D eigenvalue weighted by Crippen LogP contribution is -2.44. The molecule has 0 unspecified atom stereocenters. The van der Waals surface area contributed by atoms with E-state index in [0.29, 0.717) is 6.42 Å². The van der Waals surface area contributed by atoms with Crippen LogP contribution in [0.5, 0.6) is 5.75 Å². The smallest absolute Gasteiger partial charge is 0.164 e. The fraction of sp³-hybridized carbons (Fsp3) is 0.562. The van der Waals surface area contributed by atoms with E-state index in [9.17, 15) is 4.79 Å². The molecule has 1 aromatic rings. The first-order chi connectivity index (χ1) is 9.74. The third-order valence-electron chi connectivity index (χ3n) is 3.86. The second kappa shape index (κ2) is 7.41. The fourth-order valence-electron chi connectivity index (χ4n) is 2.59. The summed E-state index contributed by atoms with van der Waals surface area (Å²) in [5.74, 6) is 1.06. The van der Waals surface area contributed by atoms with Crippen molar-refractivity contribution in [2.24, 2.45) is 0 Å². The van der Waals surface area contributed by atoms with Gasteiger partial charge in [-0.3, -0.25) is 4.79 Å². The molecule has 1 saturated heterocycles. The van der Waals surface area contributed by atoms with Gasteiger partial charge < -0.3 is 15.0 Å². The van der Waals surface area contributed by atoms with Crippen LogP contribution in [0.25, 0.3) is 0 Å². The van der Waals surface area contributed by atoms with Crippen LogP contribution >= 0.6 is 0 Å². The van der Waals surface area contributed by atoms with Gasteiger partial charge in [0.05, 0.1) is 7.11 Å². The molecule has 0 bridgehead atoms. The lowest BCUT2D eigenvalue weighted by molar-refractivity contribution is 0.0959. The van der Waals surface area contributed by atoms with Gasteiger partial charge in [0.2, 0.25) is 0 Å². The third-order valence-corrected chi connectivity index (χ3v) is 3.86. The minimum atomic E-state index is 0.239. The first kappa shape index (κ1) is 15.0.